The second-order valence-corrected chi connectivity index (χ2v) is 7.09. The molecular formula is C23H27N5O2. The van der Waals surface area contributed by atoms with Crippen molar-refractivity contribution in [3.8, 4) is 5.75 Å². The van der Waals surface area contributed by atoms with E-state index in [0.29, 0.717) is 30.6 Å². The summed E-state index contributed by atoms with van der Waals surface area (Å²) >= 11 is 0. The lowest BCUT2D eigenvalue weighted by atomic mass is 10.2. The third kappa shape index (κ3) is 6.77. The molecule has 0 aliphatic carbocycles. The molecule has 30 heavy (non-hydrogen) atoms. The van der Waals surface area contributed by atoms with Crippen molar-refractivity contribution in [1.82, 2.24) is 15.3 Å². The van der Waals surface area contributed by atoms with Gasteiger partial charge in [0.2, 0.25) is 5.95 Å². The number of hydrogen-bond acceptors (Lipinski definition) is 6. The fraction of sp³-hybridized carbons (Fsp3) is 0.261. The summed E-state index contributed by atoms with van der Waals surface area (Å²) < 4.78 is 5.47. The third-order valence-electron chi connectivity index (χ3n) is 4.30. The van der Waals surface area contributed by atoms with Gasteiger partial charge in [0, 0.05) is 30.5 Å². The molecule has 0 atom stereocenters. The highest BCUT2D eigenvalue weighted by Gasteiger charge is 2.05. The third-order valence-corrected chi connectivity index (χ3v) is 4.30. The maximum Gasteiger partial charge on any atom is 0.258 e. The van der Waals surface area contributed by atoms with Gasteiger partial charge in [0.25, 0.3) is 5.91 Å². The summed E-state index contributed by atoms with van der Waals surface area (Å²) in [5.74, 6) is 1.72. The number of aromatic nitrogens is 2. The van der Waals surface area contributed by atoms with Crippen LogP contribution >= 0.6 is 0 Å². The summed E-state index contributed by atoms with van der Waals surface area (Å²) in [6.45, 7) is 6.89. The number of benzene rings is 2. The summed E-state index contributed by atoms with van der Waals surface area (Å²) in [6.07, 6.45) is 0. The van der Waals surface area contributed by atoms with Crippen molar-refractivity contribution in [1.29, 1.82) is 0 Å². The van der Waals surface area contributed by atoms with Gasteiger partial charge in [-0.2, -0.15) is 4.98 Å². The van der Waals surface area contributed by atoms with Crippen LogP contribution in [0.4, 0.5) is 17.5 Å². The van der Waals surface area contributed by atoms with Crippen LogP contribution in [0.2, 0.25) is 0 Å². The summed E-state index contributed by atoms with van der Waals surface area (Å²) in [4.78, 5) is 20.8. The molecule has 1 amide bonds. The van der Waals surface area contributed by atoms with Crippen LogP contribution in [0.5, 0.6) is 5.75 Å². The molecule has 0 unspecified atom stereocenters. The van der Waals surface area contributed by atoms with Crippen LogP contribution in [0.3, 0.4) is 0 Å². The molecule has 0 aliphatic heterocycles. The van der Waals surface area contributed by atoms with E-state index < -0.39 is 0 Å². The maximum atomic E-state index is 11.9. The van der Waals surface area contributed by atoms with Gasteiger partial charge in [0.15, 0.2) is 6.61 Å². The Morgan fingerprint density at radius 3 is 2.27 bits per heavy atom. The zero-order valence-electron chi connectivity index (χ0n) is 17.5. The van der Waals surface area contributed by atoms with Crippen LogP contribution in [-0.4, -0.2) is 35.6 Å². The maximum absolute atomic E-state index is 11.9. The Labute approximate surface area is 176 Å². The van der Waals surface area contributed by atoms with Crippen LogP contribution in [0.25, 0.3) is 0 Å². The van der Waals surface area contributed by atoms with Crippen LogP contribution in [0, 0.1) is 20.8 Å². The highest BCUT2D eigenvalue weighted by molar-refractivity contribution is 5.77. The molecule has 7 heteroatoms. The van der Waals surface area contributed by atoms with Crippen LogP contribution in [0.15, 0.2) is 54.6 Å². The largest absolute Gasteiger partial charge is 0.484 e. The van der Waals surface area contributed by atoms with E-state index in [9.17, 15) is 4.79 Å². The minimum atomic E-state index is -0.177. The normalized spacial score (nSPS) is 10.4. The van der Waals surface area contributed by atoms with Gasteiger partial charge in [-0.1, -0.05) is 35.4 Å². The predicted octanol–water partition coefficient (Wildman–Crippen LogP) is 3.75. The Balaban J connectivity index is 1.42. The van der Waals surface area contributed by atoms with Gasteiger partial charge in [-0.05, 0) is 45.0 Å². The van der Waals surface area contributed by atoms with Crippen molar-refractivity contribution in [3.05, 3.63) is 71.4 Å². The van der Waals surface area contributed by atoms with Gasteiger partial charge in [0.1, 0.15) is 11.6 Å². The molecule has 3 rings (SSSR count). The van der Waals surface area contributed by atoms with Crippen molar-refractivity contribution >= 4 is 23.4 Å². The van der Waals surface area contributed by atoms with Crippen molar-refractivity contribution in [2.24, 2.45) is 0 Å². The molecule has 3 N–H and O–H groups in total. The van der Waals surface area contributed by atoms with E-state index in [-0.39, 0.29) is 12.5 Å². The number of hydrogen-bond donors (Lipinski definition) is 3. The summed E-state index contributed by atoms with van der Waals surface area (Å²) in [7, 11) is 0. The fourth-order valence-corrected chi connectivity index (χ4v) is 2.71. The number of nitrogens with zero attached hydrogens (tertiary/aromatic N) is 2. The zero-order valence-corrected chi connectivity index (χ0v) is 17.5. The van der Waals surface area contributed by atoms with E-state index in [1.54, 1.807) is 0 Å². The average molecular weight is 406 g/mol. The summed E-state index contributed by atoms with van der Waals surface area (Å²) in [6, 6.07) is 17.6. The standard InChI is InChI=1S/C23H27N5O2/c1-16-4-8-19(9-5-16)27-21-14-18(3)26-23(28-21)25-13-12-24-22(29)15-30-20-10-6-17(2)7-11-20/h4-11,14H,12-13,15H2,1-3H3,(H,24,29)(H2,25,26,27,28). The van der Waals surface area contributed by atoms with Crippen molar-refractivity contribution < 1.29 is 9.53 Å². The van der Waals surface area contributed by atoms with Crippen LogP contribution in [-0.2, 0) is 4.79 Å². The molecule has 0 spiro atoms. The second kappa shape index (κ2) is 10.2. The minimum absolute atomic E-state index is 0.0192. The van der Waals surface area contributed by atoms with Gasteiger partial charge >= 0.3 is 0 Å². The zero-order chi connectivity index (χ0) is 21.3. The number of nitrogens with one attached hydrogen (secondary N) is 3. The molecule has 1 aromatic heterocycles. The summed E-state index contributed by atoms with van der Waals surface area (Å²) in [5.41, 5.74) is 4.16. The topological polar surface area (TPSA) is 88.2 Å². The summed E-state index contributed by atoms with van der Waals surface area (Å²) in [5, 5.41) is 9.23. The predicted molar refractivity (Wildman–Crippen MR) is 119 cm³/mol. The number of carbonyl (C=O) groups excluding carboxylic acids is 1. The monoisotopic (exact) mass is 405 g/mol. The smallest absolute Gasteiger partial charge is 0.258 e. The van der Waals surface area contributed by atoms with E-state index in [0.717, 1.165) is 16.9 Å². The van der Waals surface area contributed by atoms with E-state index in [1.165, 1.54) is 5.56 Å². The molecule has 0 aliphatic rings. The van der Waals surface area contributed by atoms with Gasteiger partial charge < -0.3 is 20.7 Å². The Morgan fingerprint density at radius 2 is 1.57 bits per heavy atom. The molecule has 1 heterocycles. The quantitative estimate of drug-likeness (QED) is 0.470. The second-order valence-electron chi connectivity index (χ2n) is 7.09. The van der Waals surface area contributed by atoms with Gasteiger partial charge in [-0.3, -0.25) is 4.79 Å². The van der Waals surface area contributed by atoms with E-state index >= 15 is 0 Å². The van der Waals surface area contributed by atoms with E-state index in [4.69, 9.17) is 4.74 Å². The molecule has 2 aromatic carbocycles. The van der Waals surface area contributed by atoms with Gasteiger partial charge in [-0.15, -0.1) is 0 Å². The Morgan fingerprint density at radius 1 is 0.900 bits per heavy atom. The molecule has 0 saturated carbocycles. The highest BCUT2D eigenvalue weighted by Crippen LogP contribution is 2.17. The molecular weight excluding hydrogens is 378 g/mol. The first-order chi connectivity index (χ1) is 14.5. The number of carbonyl (C=O) groups is 1. The molecule has 0 saturated heterocycles. The number of rotatable bonds is 9. The molecule has 0 fully saturated rings. The molecule has 7 nitrogen and oxygen atoms in total. The Kier molecular flexibility index (Phi) is 7.21. The molecule has 0 radical (unpaired) electrons. The minimum Gasteiger partial charge on any atom is -0.484 e. The first-order valence-electron chi connectivity index (χ1n) is 9.87. The van der Waals surface area contributed by atoms with Gasteiger partial charge in [0.05, 0.1) is 0 Å². The Hall–Kier alpha value is -3.61. The lowest BCUT2D eigenvalue weighted by molar-refractivity contribution is -0.123. The van der Waals surface area contributed by atoms with Crippen molar-refractivity contribution in [2.75, 3.05) is 30.3 Å². The number of anilines is 3. The molecule has 0 bridgehead atoms. The molecule has 3 aromatic rings. The number of amides is 1. The SMILES string of the molecule is Cc1ccc(Nc2cc(C)nc(NCCNC(=O)COc3ccc(C)cc3)n2)cc1. The molecule has 156 valence electrons. The van der Waals surface area contributed by atoms with Crippen molar-refractivity contribution in [2.45, 2.75) is 20.8 Å². The van der Waals surface area contributed by atoms with Crippen LogP contribution in [0.1, 0.15) is 16.8 Å². The van der Waals surface area contributed by atoms with Crippen LogP contribution < -0.4 is 20.7 Å². The highest BCUT2D eigenvalue weighted by atomic mass is 16.5. The first-order valence-corrected chi connectivity index (χ1v) is 9.87. The fourth-order valence-electron chi connectivity index (χ4n) is 2.71. The number of ether oxygens (including phenoxy) is 1. The lowest BCUT2D eigenvalue weighted by Gasteiger charge is -2.11. The Bertz CT molecular complexity index is 972. The first kappa shape index (κ1) is 21.1. The number of aryl methyl sites for hydroxylation is 3. The van der Waals surface area contributed by atoms with E-state index in [1.807, 2.05) is 75.4 Å². The average Bonchev–Trinajstić information content (AvgIpc) is 2.72. The van der Waals surface area contributed by atoms with Gasteiger partial charge in [-0.25, -0.2) is 4.98 Å². The van der Waals surface area contributed by atoms with Crippen molar-refractivity contribution in [3.63, 3.8) is 0 Å². The lowest BCUT2D eigenvalue weighted by Crippen LogP contribution is -2.32. The van der Waals surface area contributed by atoms with E-state index in [2.05, 4.69) is 25.9 Å².